The van der Waals surface area contributed by atoms with Crippen LogP contribution in [0.1, 0.15) is 21.5 Å². The van der Waals surface area contributed by atoms with E-state index in [-0.39, 0.29) is 5.56 Å². The molecule has 3 aromatic carbocycles. The largest absolute Gasteiger partial charge is 0.493 e. The van der Waals surface area contributed by atoms with Gasteiger partial charge in [0.15, 0.2) is 11.5 Å². The van der Waals surface area contributed by atoms with Crippen molar-refractivity contribution in [2.75, 3.05) is 20.5 Å². The molecular weight excluding hydrogens is 448 g/mol. The molecular formula is C27H22N2O4S. The normalized spacial score (nSPS) is 12.2. The molecule has 1 aromatic heterocycles. The topological polar surface area (TPSA) is 77.9 Å². The van der Waals surface area contributed by atoms with Crippen molar-refractivity contribution in [2.45, 2.75) is 4.90 Å². The van der Waals surface area contributed by atoms with Gasteiger partial charge in [-0.1, -0.05) is 48.2 Å². The Morgan fingerprint density at radius 3 is 2.47 bits per heavy atom. The summed E-state index contributed by atoms with van der Waals surface area (Å²) in [6.07, 6.45) is 4.37. The van der Waals surface area contributed by atoms with Gasteiger partial charge in [0.1, 0.15) is 0 Å². The molecule has 0 aliphatic rings. The number of ether oxygens (including phenoxy) is 2. The lowest BCUT2D eigenvalue weighted by atomic mass is 10.0. The van der Waals surface area contributed by atoms with Gasteiger partial charge in [0.05, 0.1) is 34.4 Å². The smallest absolute Gasteiger partial charge is 0.286 e. The quantitative estimate of drug-likeness (QED) is 0.395. The van der Waals surface area contributed by atoms with E-state index < -0.39 is 15.6 Å². The minimum Gasteiger partial charge on any atom is -0.493 e. The third-order valence-corrected chi connectivity index (χ3v) is 6.81. The number of carbonyl (C=O) groups is 1. The molecule has 170 valence electrons. The summed E-state index contributed by atoms with van der Waals surface area (Å²) >= 11 is 0. The molecule has 1 unspecified atom stereocenters. The maximum atomic E-state index is 13.2. The minimum atomic E-state index is -3.03. The second kappa shape index (κ2) is 9.77. The Morgan fingerprint density at radius 1 is 0.912 bits per heavy atom. The lowest BCUT2D eigenvalue weighted by molar-refractivity contribution is 0.100. The number of amides is 1. The first kappa shape index (κ1) is 23.0. The molecule has 0 fully saturated rings. The van der Waals surface area contributed by atoms with Gasteiger partial charge in [0.2, 0.25) is 0 Å². The molecule has 0 saturated carbocycles. The molecule has 0 bridgehead atoms. The van der Waals surface area contributed by atoms with Crippen LogP contribution in [0.15, 0.2) is 88.4 Å². The second-order valence-electron chi connectivity index (χ2n) is 7.45. The van der Waals surface area contributed by atoms with Crippen LogP contribution in [0.5, 0.6) is 11.5 Å². The van der Waals surface area contributed by atoms with Crippen LogP contribution < -0.4 is 9.47 Å². The van der Waals surface area contributed by atoms with E-state index in [2.05, 4.69) is 21.2 Å². The average Bonchev–Trinajstić information content (AvgIpc) is 2.86. The van der Waals surface area contributed by atoms with Crippen molar-refractivity contribution < 1.29 is 18.5 Å². The van der Waals surface area contributed by atoms with Crippen molar-refractivity contribution in [3.63, 3.8) is 0 Å². The summed E-state index contributed by atoms with van der Waals surface area (Å²) in [6, 6.07) is 20.3. The van der Waals surface area contributed by atoms with Crippen LogP contribution in [0.2, 0.25) is 0 Å². The van der Waals surface area contributed by atoms with Crippen molar-refractivity contribution in [1.82, 2.24) is 4.98 Å². The summed E-state index contributed by atoms with van der Waals surface area (Å²) in [4.78, 5) is 17.3. The highest BCUT2D eigenvalue weighted by atomic mass is 32.2. The third-order valence-electron chi connectivity index (χ3n) is 5.17. The highest BCUT2D eigenvalue weighted by Gasteiger charge is 2.15. The monoisotopic (exact) mass is 470 g/mol. The predicted molar refractivity (Wildman–Crippen MR) is 133 cm³/mol. The maximum Gasteiger partial charge on any atom is 0.286 e. The van der Waals surface area contributed by atoms with Gasteiger partial charge in [0.25, 0.3) is 5.91 Å². The Kier molecular flexibility index (Phi) is 6.62. The fourth-order valence-corrected chi connectivity index (χ4v) is 4.59. The molecule has 0 aliphatic heterocycles. The van der Waals surface area contributed by atoms with E-state index in [0.717, 1.165) is 16.3 Å². The van der Waals surface area contributed by atoms with Gasteiger partial charge >= 0.3 is 0 Å². The van der Waals surface area contributed by atoms with Crippen LogP contribution in [0, 0.1) is 11.8 Å². The lowest BCUT2D eigenvalue weighted by Crippen LogP contribution is -2.05. The Bertz CT molecular complexity index is 1570. The molecule has 0 radical (unpaired) electrons. The maximum absolute atomic E-state index is 13.2. The van der Waals surface area contributed by atoms with Gasteiger partial charge in [-0.2, -0.15) is 4.36 Å². The van der Waals surface area contributed by atoms with E-state index in [9.17, 15) is 9.00 Å². The molecule has 1 heterocycles. The molecule has 7 heteroatoms. The lowest BCUT2D eigenvalue weighted by Gasteiger charge is -2.10. The Morgan fingerprint density at radius 2 is 1.68 bits per heavy atom. The number of rotatable bonds is 4. The molecule has 4 aromatic rings. The van der Waals surface area contributed by atoms with Gasteiger partial charge in [-0.05, 0) is 35.0 Å². The van der Waals surface area contributed by atoms with Crippen LogP contribution in [-0.4, -0.2) is 35.6 Å². The first-order chi connectivity index (χ1) is 16.4. The summed E-state index contributed by atoms with van der Waals surface area (Å²) in [5, 5.41) is 2.15. The SMILES string of the molecule is COc1ccc(S(C)(=O)=NC(=O)c2cncc(C#Cc3cccc4ccccc34)c2)cc1OC. The first-order valence-corrected chi connectivity index (χ1v) is 12.3. The Hall–Kier alpha value is -4.15. The summed E-state index contributed by atoms with van der Waals surface area (Å²) < 4.78 is 27.7. The minimum absolute atomic E-state index is 0.208. The zero-order valence-electron chi connectivity index (χ0n) is 18.9. The number of methoxy groups -OCH3 is 2. The molecule has 4 rings (SSSR count). The van der Waals surface area contributed by atoms with Gasteiger partial charge in [-0.3, -0.25) is 9.78 Å². The molecule has 34 heavy (non-hydrogen) atoms. The fourth-order valence-electron chi connectivity index (χ4n) is 3.41. The fraction of sp³-hybridized carbons (Fsp3) is 0.111. The number of carbonyl (C=O) groups excluding carboxylic acids is 1. The summed E-state index contributed by atoms with van der Waals surface area (Å²) in [5.74, 6) is 6.48. The first-order valence-electron chi connectivity index (χ1n) is 10.3. The number of nitrogens with zero attached hydrogens (tertiary/aromatic N) is 2. The van der Waals surface area contributed by atoms with Crippen LogP contribution in [0.4, 0.5) is 0 Å². The second-order valence-corrected chi connectivity index (χ2v) is 9.71. The Balaban J connectivity index is 1.64. The van der Waals surface area contributed by atoms with Gasteiger partial charge in [-0.25, -0.2) is 4.21 Å². The van der Waals surface area contributed by atoms with E-state index in [0.29, 0.717) is 22.0 Å². The van der Waals surface area contributed by atoms with Crippen LogP contribution in [0.25, 0.3) is 10.8 Å². The molecule has 0 N–H and O–H groups in total. The molecule has 6 nitrogen and oxygen atoms in total. The van der Waals surface area contributed by atoms with E-state index in [1.807, 2.05) is 42.5 Å². The molecule has 1 atom stereocenters. The predicted octanol–water partition coefficient (Wildman–Crippen LogP) is 4.95. The Labute approximate surface area is 198 Å². The zero-order valence-corrected chi connectivity index (χ0v) is 19.8. The van der Waals surface area contributed by atoms with E-state index in [4.69, 9.17) is 9.47 Å². The summed E-state index contributed by atoms with van der Waals surface area (Å²) in [6.45, 7) is 0. The average molecular weight is 471 g/mol. The number of aromatic nitrogens is 1. The number of pyridine rings is 1. The number of hydrogen-bond acceptors (Lipinski definition) is 5. The van der Waals surface area contributed by atoms with Crippen LogP contribution >= 0.6 is 0 Å². The van der Waals surface area contributed by atoms with E-state index in [1.165, 1.54) is 26.7 Å². The van der Waals surface area contributed by atoms with Crippen LogP contribution in [-0.2, 0) is 9.73 Å². The zero-order chi connectivity index (χ0) is 24.1. The van der Waals surface area contributed by atoms with Gasteiger partial charge in [0, 0.05) is 35.8 Å². The van der Waals surface area contributed by atoms with Gasteiger partial charge in [-0.15, -0.1) is 0 Å². The van der Waals surface area contributed by atoms with Crippen LogP contribution in [0.3, 0.4) is 0 Å². The van der Waals surface area contributed by atoms with E-state index in [1.54, 1.807) is 30.5 Å². The molecule has 1 amide bonds. The highest BCUT2D eigenvalue weighted by molar-refractivity contribution is 7.93. The van der Waals surface area contributed by atoms with Gasteiger partial charge < -0.3 is 9.47 Å². The third kappa shape index (κ3) is 4.92. The molecule has 0 spiro atoms. The standard InChI is InChI=1S/C27H22N2O4S/c1-32-25-14-13-23(16-26(25)33-2)34(3,31)29-27(30)22-15-19(17-28-18-22)11-12-21-9-6-8-20-7-4-5-10-24(20)21/h4-10,13-18H,1-3H3. The highest BCUT2D eigenvalue weighted by Crippen LogP contribution is 2.30. The van der Waals surface area contributed by atoms with Crippen molar-refractivity contribution in [3.8, 4) is 23.3 Å². The summed E-state index contributed by atoms with van der Waals surface area (Å²) in [7, 11) is -0.0359. The van der Waals surface area contributed by atoms with Crippen molar-refractivity contribution in [3.05, 3.63) is 95.8 Å². The molecule has 0 saturated heterocycles. The number of benzene rings is 3. The molecule has 0 aliphatic carbocycles. The van der Waals surface area contributed by atoms with E-state index >= 15 is 0 Å². The van der Waals surface area contributed by atoms with Crippen molar-refractivity contribution in [2.24, 2.45) is 4.36 Å². The van der Waals surface area contributed by atoms with Crippen molar-refractivity contribution in [1.29, 1.82) is 0 Å². The summed E-state index contributed by atoms with van der Waals surface area (Å²) in [5.41, 5.74) is 1.65. The van der Waals surface area contributed by atoms with Crippen molar-refractivity contribution >= 4 is 26.4 Å². The number of hydrogen-bond donors (Lipinski definition) is 0. The number of fused-ring (bicyclic) bond motifs is 1.